The highest BCUT2D eigenvalue weighted by molar-refractivity contribution is 5.94. The Morgan fingerprint density at radius 1 is 1.03 bits per heavy atom. The number of likely N-dealkylation sites (tertiary alicyclic amines) is 1. The summed E-state index contributed by atoms with van der Waals surface area (Å²) in [5.74, 6) is 0.696. The van der Waals surface area contributed by atoms with Crippen LogP contribution in [0.3, 0.4) is 0 Å². The van der Waals surface area contributed by atoms with Crippen molar-refractivity contribution in [3.8, 4) is 5.75 Å². The third-order valence-corrected chi connectivity index (χ3v) is 5.71. The highest BCUT2D eigenvalue weighted by Crippen LogP contribution is 2.32. The molecule has 0 spiro atoms. The van der Waals surface area contributed by atoms with Gasteiger partial charge in [0.2, 0.25) is 0 Å². The molecule has 1 aliphatic rings. The van der Waals surface area contributed by atoms with Gasteiger partial charge < -0.3 is 15.0 Å². The van der Waals surface area contributed by atoms with Crippen molar-refractivity contribution in [1.29, 1.82) is 0 Å². The molecule has 3 rings (SSSR count). The predicted octanol–water partition coefficient (Wildman–Crippen LogP) is 4.40. The monoisotopic (exact) mass is 422 g/mol. The molecule has 2 aromatic carbocycles. The number of amides is 2. The van der Waals surface area contributed by atoms with E-state index in [4.69, 9.17) is 4.74 Å². The topological polar surface area (TPSA) is 58.6 Å². The zero-order valence-electron chi connectivity index (χ0n) is 19.3. The highest BCUT2D eigenvalue weighted by Gasteiger charge is 2.25. The molecule has 5 heteroatoms. The van der Waals surface area contributed by atoms with Crippen molar-refractivity contribution < 1.29 is 14.3 Å². The van der Waals surface area contributed by atoms with Crippen LogP contribution in [0.2, 0.25) is 0 Å². The lowest BCUT2D eigenvalue weighted by Crippen LogP contribution is -2.47. The van der Waals surface area contributed by atoms with E-state index in [0.29, 0.717) is 13.1 Å². The fourth-order valence-corrected chi connectivity index (χ4v) is 3.96. The SMILES string of the molecule is Cc1cccc(C(=O)N2CCC(NC(=O)COc3ccc(C)cc3C(C)(C)C)CC2)c1. The number of ether oxygens (including phenoxy) is 1. The molecule has 1 N–H and O–H groups in total. The summed E-state index contributed by atoms with van der Waals surface area (Å²) in [7, 11) is 0. The smallest absolute Gasteiger partial charge is 0.258 e. The number of benzene rings is 2. The summed E-state index contributed by atoms with van der Waals surface area (Å²) in [6, 6.07) is 13.8. The molecule has 0 aliphatic carbocycles. The first-order valence-corrected chi connectivity index (χ1v) is 11.0. The van der Waals surface area contributed by atoms with Gasteiger partial charge in [-0.3, -0.25) is 9.59 Å². The number of nitrogens with zero attached hydrogens (tertiary/aromatic N) is 1. The van der Waals surface area contributed by atoms with Gasteiger partial charge in [0.05, 0.1) is 0 Å². The molecule has 1 fully saturated rings. The Kier molecular flexibility index (Phi) is 7.04. The van der Waals surface area contributed by atoms with Gasteiger partial charge in [-0.1, -0.05) is 56.2 Å². The van der Waals surface area contributed by atoms with Gasteiger partial charge in [0, 0.05) is 24.7 Å². The zero-order valence-corrected chi connectivity index (χ0v) is 19.3. The fourth-order valence-electron chi connectivity index (χ4n) is 3.96. The molecule has 166 valence electrons. The number of carbonyl (C=O) groups is 2. The quantitative estimate of drug-likeness (QED) is 0.777. The largest absolute Gasteiger partial charge is 0.483 e. The van der Waals surface area contributed by atoms with Gasteiger partial charge in [0.1, 0.15) is 5.75 Å². The number of nitrogens with one attached hydrogen (secondary N) is 1. The van der Waals surface area contributed by atoms with Gasteiger partial charge >= 0.3 is 0 Å². The van der Waals surface area contributed by atoms with Crippen molar-refractivity contribution in [3.63, 3.8) is 0 Å². The minimum Gasteiger partial charge on any atom is -0.483 e. The Morgan fingerprint density at radius 3 is 2.35 bits per heavy atom. The third-order valence-electron chi connectivity index (χ3n) is 5.71. The van der Waals surface area contributed by atoms with Gasteiger partial charge in [-0.05, 0) is 55.9 Å². The van der Waals surface area contributed by atoms with Crippen LogP contribution in [0.1, 0.15) is 60.7 Å². The first-order valence-electron chi connectivity index (χ1n) is 11.0. The number of rotatable bonds is 5. The summed E-state index contributed by atoms with van der Waals surface area (Å²) >= 11 is 0. The number of hydrogen-bond donors (Lipinski definition) is 1. The minimum absolute atomic E-state index is 0.00538. The average molecular weight is 423 g/mol. The normalized spacial score (nSPS) is 14.9. The molecular weight excluding hydrogens is 388 g/mol. The van der Waals surface area contributed by atoms with Crippen LogP contribution in [0.5, 0.6) is 5.75 Å². The van der Waals surface area contributed by atoms with E-state index in [9.17, 15) is 9.59 Å². The van der Waals surface area contributed by atoms with Crippen LogP contribution in [0.25, 0.3) is 0 Å². The van der Waals surface area contributed by atoms with E-state index in [1.807, 2.05) is 48.2 Å². The van der Waals surface area contributed by atoms with Crippen LogP contribution in [0, 0.1) is 13.8 Å². The Labute approximate surface area is 185 Å². The van der Waals surface area contributed by atoms with E-state index in [2.05, 4.69) is 39.1 Å². The molecule has 2 aromatic rings. The van der Waals surface area contributed by atoms with Gasteiger partial charge in [-0.25, -0.2) is 0 Å². The summed E-state index contributed by atoms with van der Waals surface area (Å²) in [5.41, 5.74) is 4.02. The average Bonchev–Trinajstić information content (AvgIpc) is 2.72. The molecule has 0 unspecified atom stereocenters. The van der Waals surface area contributed by atoms with Crippen molar-refractivity contribution >= 4 is 11.8 Å². The van der Waals surface area contributed by atoms with E-state index in [1.165, 1.54) is 5.56 Å². The summed E-state index contributed by atoms with van der Waals surface area (Å²) < 4.78 is 5.87. The third kappa shape index (κ3) is 6.09. The van der Waals surface area contributed by atoms with Crippen molar-refractivity contribution in [2.45, 2.75) is 58.9 Å². The Hall–Kier alpha value is -2.82. The first-order chi connectivity index (χ1) is 14.6. The van der Waals surface area contributed by atoms with E-state index in [-0.39, 0.29) is 29.9 Å². The van der Waals surface area contributed by atoms with Gasteiger partial charge in [-0.15, -0.1) is 0 Å². The summed E-state index contributed by atoms with van der Waals surface area (Å²) in [5, 5.41) is 3.07. The molecule has 0 bridgehead atoms. The van der Waals surface area contributed by atoms with Crippen LogP contribution in [0.4, 0.5) is 0 Å². The van der Waals surface area contributed by atoms with Crippen LogP contribution in [0.15, 0.2) is 42.5 Å². The maximum atomic E-state index is 12.7. The van der Waals surface area contributed by atoms with Gasteiger partial charge in [0.25, 0.3) is 11.8 Å². The van der Waals surface area contributed by atoms with E-state index >= 15 is 0 Å². The maximum absolute atomic E-state index is 12.7. The Morgan fingerprint density at radius 2 is 1.71 bits per heavy atom. The molecule has 5 nitrogen and oxygen atoms in total. The van der Waals surface area contributed by atoms with E-state index in [1.54, 1.807) is 0 Å². The zero-order chi connectivity index (χ0) is 22.6. The van der Waals surface area contributed by atoms with Gasteiger partial charge in [0.15, 0.2) is 6.61 Å². The molecule has 1 heterocycles. The predicted molar refractivity (Wildman–Crippen MR) is 124 cm³/mol. The Bertz CT molecular complexity index is 938. The summed E-state index contributed by atoms with van der Waals surface area (Å²) in [4.78, 5) is 27.0. The van der Waals surface area contributed by atoms with E-state index in [0.717, 1.165) is 35.3 Å². The second kappa shape index (κ2) is 9.54. The molecule has 2 amide bonds. The molecule has 0 aromatic heterocycles. The van der Waals surface area contributed by atoms with Crippen LogP contribution in [-0.2, 0) is 10.2 Å². The fraction of sp³-hybridized carbons (Fsp3) is 0.462. The molecular formula is C26H34N2O3. The lowest BCUT2D eigenvalue weighted by Gasteiger charge is -2.32. The van der Waals surface area contributed by atoms with Crippen molar-refractivity contribution in [2.24, 2.45) is 0 Å². The molecule has 0 radical (unpaired) electrons. The van der Waals surface area contributed by atoms with Gasteiger partial charge in [-0.2, -0.15) is 0 Å². The Balaban J connectivity index is 1.49. The molecule has 31 heavy (non-hydrogen) atoms. The number of aryl methyl sites for hydroxylation is 2. The lowest BCUT2D eigenvalue weighted by molar-refractivity contribution is -0.124. The number of piperidine rings is 1. The lowest BCUT2D eigenvalue weighted by atomic mass is 9.85. The molecule has 0 saturated carbocycles. The molecule has 1 aliphatic heterocycles. The highest BCUT2D eigenvalue weighted by atomic mass is 16.5. The first kappa shape index (κ1) is 22.9. The molecule has 1 saturated heterocycles. The minimum atomic E-state index is -0.121. The van der Waals surface area contributed by atoms with Crippen molar-refractivity contribution in [2.75, 3.05) is 19.7 Å². The van der Waals surface area contributed by atoms with Crippen LogP contribution < -0.4 is 10.1 Å². The van der Waals surface area contributed by atoms with Crippen LogP contribution in [-0.4, -0.2) is 42.5 Å². The van der Waals surface area contributed by atoms with E-state index < -0.39 is 0 Å². The second-order valence-electron chi connectivity index (χ2n) is 9.54. The summed E-state index contributed by atoms with van der Waals surface area (Å²) in [6.07, 6.45) is 1.50. The number of hydrogen-bond acceptors (Lipinski definition) is 3. The summed E-state index contributed by atoms with van der Waals surface area (Å²) in [6.45, 7) is 11.7. The maximum Gasteiger partial charge on any atom is 0.258 e. The van der Waals surface area contributed by atoms with Crippen molar-refractivity contribution in [1.82, 2.24) is 10.2 Å². The van der Waals surface area contributed by atoms with Crippen LogP contribution >= 0.6 is 0 Å². The standard InChI is InChI=1S/C26H34N2O3/c1-18-7-6-8-20(15-18)25(30)28-13-11-21(12-14-28)27-24(29)17-31-23-10-9-19(2)16-22(23)26(3,4)5/h6-10,15-16,21H,11-14,17H2,1-5H3,(H,27,29). The number of carbonyl (C=O) groups excluding carboxylic acids is 2. The molecule has 0 atom stereocenters. The van der Waals surface area contributed by atoms with Crippen molar-refractivity contribution in [3.05, 3.63) is 64.7 Å². The second-order valence-corrected chi connectivity index (χ2v) is 9.54.